The van der Waals surface area contributed by atoms with E-state index in [0.29, 0.717) is 5.56 Å². The summed E-state index contributed by atoms with van der Waals surface area (Å²) in [6, 6.07) is 9.90. The van der Waals surface area contributed by atoms with Crippen LogP contribution in [0.5, 0.6) is 0 Å². The second kappa shape index (κ2) is 7.03. The molecule has 1 aliphatic rings. The van der Waals surface area contributed by atoms with Gasteiger partial charge in [0.2, 0.25) is 5.78 Å². The molecule has 4 heteroatoms. The zero-order valence-corrected chi connectivity index (χ0v) is 15.6. The van der Waals surface area contributed by atoms with Crippen molar-refractivity contribution in [1.82, 2.24) is 0 Å². The maximum atomic E-state index is 12.4. The number of hydrogen-bond donors (Lipinski definition) is 0. The molecule has 4 rings (SSSR count). The van der Waals surface area contributed by atoms with E-state index < -0.39 is 5.97 Å². The number of rotatable bonds is 5. The molecular formula is C23H22O4. The average Bonchev–Trinajstić information content (AvgIpc) is 3.26. The number of fused-ring (bicyclic) bond motifs is 2. The van der Waals surface area contributed by atoms with Gasteiger partial charge in [0.15, 0.2) is 6.61 Å². The standard InChI is InChI=1S/C23H22O4/c1-14-6-7-15(2)19(8-14)21(24)13-27-23(25)11-18-12-26-22-10-17-5-3-4-16(17)9-20(18)22/h6-10,12H,3-5,11,13H2,1-2H3. The minimum atomic E-state index is -0.420. The summed E-state index contributed by atoms with van der Waals surface area (Å²) >= 11 is 0. The minimum Gasteiger partial charge on any atom is -0.464 e. The number of ketones is 1. The first-order valence-corrected chi connectivity index (χ1v) is 9.29. The van der Waals surface area contributed by atoms with Crippen molar-refractivity contribution < 1.29 is 18.7 Å². The topological polar surface area (TPSA) is 56.5 Å². The van der Waals surface area contributed by atoms with E-state index in [2.05, 4.69) is 12.1 Å². The normalized spacial score (nSPS) is 13.0. The summed E-state index contributed by atoms with van der Waals surface area (Å²) in [5.41, 5.74) is 6.79. The molecule has 1 aliphatic carbocycles. The molecule has 0 fully saturated rings. The molecule has 0 saturated heterocycles. The number of furan rings is 1. The highest BCUT2D eigenvalue weighted by molar-refractivity contribution is 5.99. The van der Waals surface area contributed by atoms with Gasteiger partial charge in [0.25, 0.3) is 0 Å². The zero-order chi connectivity index (χ0) is 19.0. The Bertz CT molecular complexity index is 1040. The fourth-order valence-corrected chi connectivity index (χ4v) is 3.75. The number of aryl methyl sites for hydroxylation is 4. The molecule has 0 amide bonds. The molecule has 138 valence electrons. The van der Waals surface area contributed by atoms with Gasteiger partial charge in [-0.3, -0.25) is 9.59 Å². The van der Waals surface area contributed by atoms with Gasteiger partial charge in [0, 0.05) is 16.5 Å². The SMILES string of the molecule is Cc1ccc(C)c(C(=O)COC(=O)Cc2coc3cc4c(cc23)CCC4)c1. The lowest BCUT2D eigenvalue weighted by molar-refractivity contribution is -0.141. The van der Waals surface area contributed by atoms with E-state index >= 15 is 0 Å². The second-order valence-corrected chi connectivity index (χ2v) is 7.31. The van der Waals surface area contributed by atoms with Crippen LogP contribution in [-0.4, -0.2) is 18.4 Å². The number of Topliss-reactive ketones (excluding diaryl/α,β-unsaturated/α-hetero) is 1. The first-order chi connectivity index (χ1) is 13.0. The van der Waals surface area contributed by atoms with Gasteiger partial charge in [-0.15, -0.1) is 0 Å². The summed E-state index contributed by atoms with van der Waals surface area (Å²) < 4.78 is 10.9. The Morgan fingerprint density at radius 3 is 2.67 bits per heavy atom. The van der Waals surface area contributed by atoms with Crippen molar-refractivity contribution in [3.63, 3.8) is 0 Å². The van der Waals surface area contributed by atoms with Crippen molar-refractivity contribution in [2.45, 2.75) is 39.5 Å². The second-order valence-electron chi connectivity index (χ2n) is 7.31. The Hall–Kier alpha value is -2.88. The molecule has 27 heavy (non-hydrogen) atoms. The monoisotopic (exact) mass is 362 g/mol. The average molecular weight is 362 g/mol. The third-order valence-corrected chi connectivity index (χ3v) is 5.26. The van der Waals surface area contributed by atoms with E-state index in [9.17, 15) is 9.59 Å². The maximum Gasteiger partial charge on any atom is 0.310 e. The molecule has 4 nitrogen and oxygen atoms in total. The highest BCUT2D eigenvalue weighted by Gasteiger charge is 2.18. The van der Waals surface area contributed by atoms with E-state index in [-0.39, 0.29) is 18.8 Å². The van der Waals surface area contributed by atoms with Crippen LogP contribution in [0.15, 0.2) is 41.0 Å². The van der Waals surface area contributed by atoms with Crippen LogP contribution in [0.3, 0.4) is 0 Å². The van der Waals surface area contributed by atoms with Gasteiger partial charge < -0.3 is 9.15 Å². The van der Waals surface area contributed by atoms with E-state index in [4.69, 9.17) is 9.15 Å². The summed E-state index contributed by atoms with van der Waals surface area (Å²) in [6.07, 6.45) is 5.05. The Labute approximate surface area is 158 Å². The van der Waals surface area contributed by atoms with Crippen LogP contribution < -0.4 is 0 Å². The molecule has 2 aromatic carbocycles. The van der Waals surface area contributed by atoms with Crippen molar-refractivity contribution in [3.8, 4) is 0 Å². The highest BCUT2D eigenvalue weighted by Crippen LogP contribution is 2.30. The fraction of sp³-hybridized carbons (Fsp3) is 0.304. The van der Waals surface area contributed by atoms with Crippen LogP contribution in [0, 0.1) is 13.8 Å². The molecule has 1 aromatic heterocycles. The lowest BCUT2D eigenvalue weighted by Crippen LogP contribution is -2.16. The van der Waals surface area contributed by atoms with Gasteiger partial charge >= 0.3 is 5.97 Å². The Morgan fingerprint density at radius 1 is 1.07 bits per heavy atom. The van der Waals surface area contributed by atoms with Crippen LogP contribution >= 0.6 is 0 Å². The van der Waals surface area contributed by atoms with Crippen molar-refractivity contribution >= 4 is 22.7 Å². The molecule has 0 aliphatic heterocycles. The summed E-state index contributed by atoms with van der Waals surface area (Å²) in [5, 5.41) is 0.966. The van der Waals surface area contributed by atoms with Gasteiger partial charge in [-0.1, -0.05) is 17.7 Å². The Kier molecular flexibility index (Phi) is 4.56. The number of ether oxygens (including phenoxy) is 1. The van der Waals surface area contributed by atoms with Crippen molar-refractivity contribution in [2.24, 2.45) is 0 Å². The van der Waals surface area contributed by atoms with E-state index in [0.717, 1.165) is 40.5 Å². The van der Waals surface area contributed by atoms with Crippen LogP contribution in [0.2, 0.25) is 0 Å². The molecule has 0 atom stereocenters. The zero-order valence-electron chi connectivity index (χ0n) is 15.6. The van der Waals surface area contributed by atoms with Crippen molar-refractivity contribution in [3.05, 3.63) is 70.0 Å². The molecule has 0 N–H and O–H groups in total. The van der Waals surface area contributed by atoms with Crippen molar-refractivity contribution in [2.75, 3.05) is 6.61 Å². The summed E-state index contributed by atoms with van der Waals surface area (Å²) in [7, 11) is 0. The highest BCUT2D eigenvalue weighted by atomic mass is 16.5. The summed E-state index contributed by atoms with van der Waals surface area (Å²) in [5.74, 6) is -0.601. The number of esters is 1. The third-order valence-electron chi connectivity index (χ3n) is 5.26. The molecule has 3 aromatic rings. The summed E-state index contributed by atoms with van der Waals surface area (Å²) in [4.78, 5) is 24.6. The predicted molar refractivity (Wildman–Crippen MR) is 103 cm³/mol. The number of carbonyl (C=O) groups excluding carboxylic acids is 2. The molecular weight excluding hydrogens is 340 g/mol. The van der Waals surface area contributed by atoms with Gasteiger partial charge in [-0.2, -0.15) is 0 Å². The number of hydrogen-bond acceptors (Lipinski definition) is 4. The minimum absolute atomic E-state index is 0.103. The van der Waals surface area contributed by atoms with Gasteiger partial charge in [-0.25, -0.2) is 0 Å². The van der Waals surface area contributed by atoms with Gasteiger partial charge in [0.05, 0.1) is 12.7 Å². The molecule has 0 radical (unpaired) electrons. The smallest absolute Gasteiger partial charge is 0.310 e. The Balaban J connectivity index is 1.43. The molecule has 0 spiro atoms. The lowest BCUT2D eigenvalue weighted by Gasteiger charge is -2.07. The van der Waals surface area contributed by atoms with Gasteiger partial charge in [0.1, 0.15) is 5.58 Å². The molecule has 0 saturated carbocycles. The van der Waals surface area contributed by atoms with Crippen molar-refractivity contribution in [1.29, 1.82) is 0 Å². The van der Waals surface area contributed by atoms with Crippen LogP contribution in [0.1, 0.15) is 44.6 Å². The first kappa shape index (κ1) is 17.5. The number of benzene rings is 2. The first-order valence-electron chi connectivity index (χ1n) is 9.29. The third kappa shape index (κ3) is 3.52. The van der Waals surface area contributed by atoms with Gasteiger partial charge in [-0.05, 0) is 68.0 Å². The Morgan fingerprint density at radius 2 is 1.85 bits per heavy atom. The maximum absolute atomic E-state index is 12.4. The molecule has 0 bridgehead atoms. The van der Waals surface area contributed by atoms with E-state index in [1.807, 2.05) is 32.0 Å². The largest absolute Gasteiger partial charge is 0.464 e. The molecule has 0 unspecified atom stereocenters. The van der Waals surface area contributed by atoms with Crippen LogP contribution in [-0.2, 0) is 28.8 Å². The van der Waals surface area contributed by atoms with E-state index in [1.54, 1.807) is 6.26 Å². The quantitative estimate of drug-likeness (QED) is 0.495. The predicted octanol–water partition coefficient (Wildman–Crippen LogP) is 4.51. The van der Waals surface area contributed by atoms with E-state index in [1.165, 1.54) is 17.5 Å². The summed E-state index contributed by atoms with van der Waals surface area (Å²) in [6.45, 7) is 3.57. The van der Waals surface area contributed by atoms with Crippen LogP contribution in [0.4, 0.5) is 0 Å². The number of carbonyl (C=O) groups is 2. The fourth-order valence-electron chi connectivity index (χ4n) is 3.75. The van der Waals surface area contributed by atoms with Crippen LogP contribution in [0.25, 0.3) is 11.0 Å². The molecule has 1 heterocycles. The lowest BCUT2D eigenvalue weighted by atomic mass is 10.0.